The third-order valence-corrected chi connectivity index (χ3v) is 13.9. The van der Waals surface area contributed by atoms with E-state index in [2.05, 4.69) is 69.4 Å². The summed E-state index contributed by atoms with van der Waals surface area (Å²) in [6.07, 6.45) is 49.3. The van der Waals surface area contributed by atoms with Gasteiger partial charge in [0.1, 0.15) is 18.8 Å². The van der Waals surface area contributed by atoms with Crippen LogP contribution in [0.4, 0.5) is 0 Å². The van der Waals surface area contributed by atoms with E-state index in [4.69, 9.17) is 23.7 Å². The SMILES string of the molecule is CCCCC/C=C\C/C=C\C/C=C\CCCCCCCCC(=O)OCC(COC1OC(C(=O)O)C(O)C(O)C1OC(=O)CCCCCCC/C=C\CCCCCC)OC(=O)CCCCCCCCCCCCCCC. The van der Waals surface area contributed by atoms with Crippen LogP contribution in [0.15, 0.2) is 48.6 Å². The molecule has 6 unspecified atom stereocenters. The predicted octanol–water partition coefficient (Wildman–Crippen LogP) is 15.8. The van der Waals surface area contributed by atoms with Crippen LogP contribution in [0.25, 0.3) is 0 Å². The van der Waals surface area contributed by atoms with Crippen LogP contribution in [0.5, 0.6) is 0 Å². The summed E-state index contributed by atoms with van der Waals surface area (Å²) in [7, 11) is 0. The lowest BCUT2D eigenvalue weighted by Gasteiger charge is -2.40. The molecule has 1 aliphatic heterocycles. The second-order valence-corrected chi connectivity index (χ2v) is 21.0. The second-order valence-electron chi connectivity index (χ2n) is 21.0. The molecule has 12 nitrogen and oxygen atoms in total. The van der Waals surface area contributed by atoms with Crippen molar-refractivity contribution in [3.8, 4) is 0 Å². The van der Waals surface area contributed by atoms with E-state index in [-0.39, 0.29) is 25.9 Å². The molecule has 0 saturated carbocycles. The van der Waals surface area contributed by atoms with E-state index in [1.807, 2.05) is 0 Å². The summed E-state index contributed by atoms with van der Waals surface area (Å²) in [5, 5.41) is 31.5. The van der Waals surface area contributed by atoms with Gasteiger partial charge in [-0.15, -0.1) is 0 Å². The van der Waals surface area contributed by atoms with Crippen molar-refractivity contribution in [3.63, 3.8) is 0 Å². The normalized spacial score (nSPS) is 18.4. The summed E-state index contributed by atoms with van der Waals surface area (Å²) in [6.45, 7) is 5.95. The highest BCUT2D eigenvalue weighted by Crippen LogP contribution is 2.26. The summed E-state index contributed by atoms with van der Waals surface area (Å²) in [5.74, 6) is -3.13. The van der Waals surface area contributed by atoms with Gasteiger partial charge >= 0.3 is 23.9 Å². The van der Waals surface area contributed by atoms with Crippen molar-refractivity contribution < 1.29 is 58.2 Å². The quantitative estimate of drug-likeness (QED) is 0.0228. The fourth-order valence-corrected chi connectivity index (χ4v) is 9.13. The zero-order chi connectivity index (χ0) is 54.7. The van der Waals surface area contributed by atoms with Crippen molar-refractivity contribution in [1.29, 1.82) is 0 Å². The minimum absolute atomic E-state index is 0.0509. The maximum absolute atomic E-state index is 13.1. The molecule has 0 spiro atoms. The van der Waals surface area contributed by atoms with E-state index in [9.17, 15) is 34.5 Å². The first-order valence-corrected chi connectivity index (χ1v) is 30.6. The number of unbranched alkanes of at least 4 members (excludes halogenated alkanes) is 30. The molecule has 0 aliphatic carbocycles. The molecule has 1 rings (SSSR count). The van der Waals surface area contributed by atoms with Gasteiger partial charge in [0.15, 0.2) is 24.6 Å². The van der Waals surface area contributed by atoms with Gasteiger partial charge in [-0.25, -0.2) is 4.79 Å². The number of rotatable bonds is 52. The van der Waals surface area contributed by atoms with Crippen molar-refractivity contribution >= 4 is 23.9 Å². The van der Waals surface area contributed by atoms with E-state index >= 15 is 0 Å². The Morgan fingerprint density at radius 1 is 0.440 bits per heavy atom. The lowest BCUT2D eigenvalue weighted by Crippen LogP contribution is -2.61. The van der Waals surface area contributed by atoms with Crippen molar-refractivity contribution in [2.45, 2.75) is 314 Å². The molecule has 0 amide bonds. The topological polar surface area (TPSA) is 175 Å². The highest BCUT2D eigenvalue weighted by atomic mass is 16.7. The number of carbonyl (C=O) groups is 4. The van der Waals surface area contributed by atoms with Gasteiger partial charge in [0, 0.05) is 19.3 Å². The molecule has 6 atom stereocenters. The molecule has 434 valence electrons. The van der Waals surface area contributed by atoms with Gasteiger partial charge in [0.25, 0.3) is 0 Å². The molecular weight excluding hydrogens is 949 g/mol. The number of carboxylic acids is 1. The first-order valence-electron chi connectivity index (χ1n) is 30.6. The van der Waals surface area contributed by atoms with Crippen LogP contribution in [0.2, 0.25) is 0 Å². The molecule has 0 radical (unpaired) electrons. The van der Waals surface area contributed by atoms with Crippen molar-refractivity contribution in [3.05, 3.63) is 48.6 Å². The number of aliphatic hydroxyl groups is 2. The molecule has 1 aliphatic rings. The molecule has 0 bridgehead atoms. The van der Waals surface area contributed by atoms with Crippen LogP contribution in [0, 0.1) is 0 Å². The number of carbonyl (C=O) groups excluding carboxylic acids is 3. The largest absolute Gasteiger partial charge is 0.479 e. The lowest BCUT2D eigenvalue weighted by molar-refractivity contribution is -0.301. The standard InChI is InChI=1S/C63H110O12/c1-4-7-10-13-16-19-22-25-26-27-28-29-30-33-34-37-40-43-46-49-55(64)71-52-54(73-56(65)50-47-44-41-38-35-31-23-20-17-14-11-8-5-2)53-72-63-61(59(68)58(67)60(75-63)62(69)70)74-57(66)51-48-45-42-39-36-32-24-21-18-15-12-9-6-3/h16,19,21,24-26,28-29,54,58-61,63,67-68H,4-15,17-18,20,22-23,27,30-53H2,1-3H3,(H,69,70)/b19-16-,24-21-,26-25-,29-28-. The fourth-order valence-electron chi connectivity index (χ4n) is 9.13. The monoisotopic (exact) mass is 1060 g/mol. The maximum atomic E-state index is 13.1. The summed E-state index contributed by atoms with van der Waals surface area (Å²) >= 11 is 0. The number of aliphatic hydroxyl groups excluding tert-OH is 2. The van der Waals surface area contributed by atoms with Crippen LogP contribution in [-0.4, -0.2) is 89.2 Å². The molecule has 1 fully saturated rings. The number of ether oxygens (including phenoxy) is 5. The molecule has 0 aromatic carbocycles. The fraction of sp³-hybridized carbons (Fsp3) is 0.810. The molecule has 0 aromatic heterocycles. The van der Waals surface area contributed by atoms with Crippen LogP contribution in [-0.2, 0) is 42.9 Å². The number of aliphatic carboxylic acids is 1. The van der Waals surface area contributed by atoms with Gasteiger partial charge < -0.3 is 39.0 Å². The first-order chi connectivity index (χ1) is 36.6. The second kappa shape index (κ2) is 51.4. The van der Waals surface area contributed by atoms with Crippen LogP contribution >= 0.6 is 0 Å². The predicted molar refractivity (Wildman–Crippen MR) is 303 cm³/mol. The smallest absolute Gasteiger partial charge is 0.335 e. The Morgan fingerprint density at radius 3 is 1.27 bits per heavy atom. The van der Waals surface area contributed by atoms with Crippen molar-refractivity contribution in [2.75, 3.05) is 13.2 Å². The summed E-state index contributed by atoms with van der Waals surface area (Å²) in [4.78, 5) is 51.1. The van der Waals surface area contributed by atoms with E-state index in [0.717, 1.165) is 109 Å². The van der Waals surface area contributed by atoms with Crippen molar-refractivity contribution in [2.24, 2.45) is 0 Å². The van der Waals surface area contributed by atoms with Gasteiger partial charge in [0.2, 0.25) is 0 Å². The van der Waals surface area contributed by atoms with Gasteiger partial charge in [-0.2, -0.15) is 0 Å². The molecule has 75 heavy (non-hydrogen) atoms. The molecule has 0 aromatic rings. The highest BCUT2D eigenvalue weighted by molar-refractivity contribution is 5.74. The molecule has 1 heterocycles. The molecule has 12 heteroatoms. The van der Waals surface area contributed by atoms with Crippen LogP contribution in [0.1, 0.15) is 278 Å². The highest BCUT2D eigenvalue weighted by Gasteiger charge is 2.50. The van der Waals surface area contributed by atoms with E-state index in [1.165, 1.54) is 109 Å². The van der Waals surface area contributed by atoms with Crippen LogP contribution < -0.4 is 0 Å². The summed E-state index contributed by atoms with van der Waals surface area (Å²) in [6, 6.07) is 0. The average molecular weight is 1060 g/mol. The molecular formula is C63H110O12. The van der Waals surface area contributed by atoms with Gasteiger partial charge in [-0.3, -0.25) is 14.4 Å². The number of carboxylic acid groups (broad SMARTS) is 1. The average Bonchev–Trinajstić information content (AvgIpc) is 3.39. The minimum Gasteiger partial charge on any atom is -0.479 e. The Labute approximate surface area is 456 Å². The van der Waals surface area contributed by atoms with Crippen LogP contribution in [0.3, 0.4) is 0 Å². The number of allylic oxidation sites excluding steroid dienone is 8. The Hall–Kier alpha value is -3.32. The van der Waals surface area contributed by atoms with Crippen molar-refractivity contribution in [1.82, 2.24) is 0 Å². The number of hydrogen-bond acceptors (Lipinski definition) is 11. The first kappa shape index (κ1) is 69.7. The minimum atomic E-state index is -1.90. The van der Waals surface area contributed by atoms with Gasteiger partial charge in [-0.1, -0.05) is 223 Å². The zero-order valence-corrected chi connectivity index (χ0v) is 47.8. The molecule has 3 N–H and O–H groups in total. The molecule has 1 saturated heterocycles. The summed E-state index contributed by atoms with van der Waals surface area (Å²) in [5.41, 5.74) is 0. The van der Waals surface area contributed by atoms with Gasteiger partial charge in [-0.05, 0) is 83.5 Å². The summed E-state index contributed by atoms with van der Waals surface area (Å²) < 4.78 is 28.4. The Bertz CT molecular complexity index is 1490. The third-order valence-electron chi connectivity index (χ3n) is 13.9. The Morgan fingerprint density at radius 2 is 0.800 bits per heavy atom. The number of esters is 3. The maximum Gasteiger partial charge on any atom is 0.335 e. The Balaban J connectivity index is 2.67. The lowest BCUT2D eigenvalue weighted by atomic mass is 9.98. The zero-order valence-electron chi connectivity index (χ0n) is 47.8. The third kappa shape index (κ3) is 41.5. The van der Waals surface area contributed by atoms with Gasteiger partial charge in [0.05, 0.1) is 6.61 Å². The Kier molecular flexibility index (Phi) is 47.8. The van der Waals surface area contributed by atoms with E-state index in [0.29, 0.717) is 19.3 Å². The van der Waals surface area contributed by atoms with E-state index < -0.39 is 67.3 Å². The van der Waals surface area contributed by atoms with E-state index in [1.54, 1.807) is 0 Å². The number of hydrogen-bond donors (Lipinski definition) is 3.